The number of hydrogen-bond acceptors (Lipinski definition) is 4. The van der Waals surface area contributed by atoms with E-state index in [4.69, 9.17) is 0 Å². The molecule has 0 aliphatic carbocycles. The Morgan fingerprint density at radius 2 is 0.975 bits per heavy atom. The SMILES string of the molecule is Cc1cc(-n2c3ccncc3c3ncccc32)ccc1-c1ccc(-n2c3ccncc3c3ncccc32)cc1C. The normalized spacial score (nSPS) is 11.8. The van der Waals surface area contributed by atoms with Crippen LogP contribution in [-0.2, 0) is 0 Å². The van der Waals surface area contributed by atoms with Crippen molar-refractivity contribution in [2.75, 3.05) is 0 Å². The number of benzene rings is 2. The van der Waals surface area contributed by atoms with Crippen molar-refractivity contribution in [2.45, 2.75) is 13.8 Å². The Kier molecular flexibility index (Phi) is 4.85. The second-order valence-corrected chi connectivity index (χ2v) is 10.2. The van der Waals surface area contributed by atoms with Crippen LogP contribution < -0.4 is 0 Å². The molecule has 6 heteroatoms. The molecular formula is C34H24N6. The van der Waals surface area contributed by atoms with Crippen LogP contribution in [0, 0.1) is 13.8 Å². The maximum Gasteiger partial charge on any atom is 0.0978 e. The zero-order chi connectivity index (χ0) is 26.8. The smallest absolute Gasteiger partial charge is 0.0978 e. The highest BCUT2D eigenvalue weighted by molar-refractivity contribution is 6.07. The Morgan fingerprint density at radius 3 is 1.43 bits per heavy atom. The summed E-state index contributed by atoms with van der Waals surface area (Å²) in [7, 11) is 0. The molecular weight excluding hydrogens is 492 g/mol. The topological polar surface area (TPSA) is 61.4 Å². The monoisotopic (exact) mass is 516 g/mol. The first-order valence-electron chi connectivity index (χ1n) is 13.3. The zero-order valence-corrected chi connectivity index (χ0v) is 22.1. The van der Waals surface area contributed by atoms with Gasteiger partial charge in [0, 0.05) is 59.3 Å². The fourth-order valence-electron chi connectivity index (χ4n) is 6.09. The lowest BCUT2D eigenvalue weighted by molar-refractivity contribution is 1.16. The first-order valence-corrected chi connectivity index (χ1v) is 13.3. The summed E-state index contributed by atoms with van der Waals surface area (Å²) < 4.78 is 4.55. The molecule has 0 radical (unpaired) electrons. The predicted molar refractivity (Wildman–Crippen MR) is 161 cm³/mol. The van der Waals surface area contributed by atoms with E-state index in [2.05, 4.69) is 104 Å². The first kappa shape index (κ1) is 22.6. The predicted octanol–water partition coefficient (Wildman–Crippen LogP) is 7.74. The molecule has 0 spiro atoms. The van der Waals surface area contributed by atoms with Crippen molar-refractivity contribution in [1.29, 1.82) is 0 Å². The molecule has 190 valence electrons. The lowest BCUT2D eigenvalue weighted by Gasteiger charge is -2.15. The molecule has 0 N–H and O–H groups in total. The second-order valence-electron chi connectivity index (χ2n) is 10.2. The molecule has 0 bridgehead atoms. The first-order chi connectivity index (χ1) is 19.7. The summed E-state index contributed by atoms with van der Waals surface area (Å²) in [6.07, 6.45) is 11.2. The van der Waals surface area contributed by atoms with Gasteiger partial charge in [0.2, 0.25) is 0 Å². The maximum atomic E-state index is 4.65. The van der Waals surface area contributed by atoms with Crippen molar-refractivity contribution < 1.29 is 0 Å². The van der Waals surface area contributed by atoms with Gasteiger partial charge in [0.25, 0.3) is 0 Å². The largest absolute Gasteiger partial charge is 0.307 e. The molecule has 0 fully saturated rings. The fourth-order valence-corrected chi connectivity index (χ4v) is 6.09. The van der Waals surface area contributed by atoms with E-state index in [9.17, 15) is 0 Å². The summed E-state index contributed by atoms with van der Waals surface area (Å²) in [5.74, 6) is 0. The van der Waals surface area contributed by atoms with Crippen molar-refractivity contribution in [3.8, 4) is 22.5 Å². The Morgan fingerprint density at radius 1 is 0.500 bits per heavy atom. The molecule has 0 amide bonds. The van der Waals surface area contributed by atoms with Crippen molar-refractivity contribution >= 4 is 43.9 Å². The van der Waals surface area contributed by atoms with Gasteiger partial charge >= 0.3 is 0 Å². The van der Waals surface area contributed by atoms with Gasteiger partial charge in [-0.1, -0.05) is 12.1 Å². The van der Waals surface area contributed by atoms with Gasteiger partial charge in [-0.3, -0.25) is 19.9 Å². The highest BCUT2D eigenvalue weighted by Crippen LogP contribution is 2.35. The van der Waals surface area contributed by atoms with Gasteiger partial charge in [-0.05, 0) is 96.8 Å². The Bertz CT molecular complexity index is 1990. The Labute approximate surface area is 230 Å². The van der Waals surface area contributed by atoms with E-state index >= 15 is 0 Å². The van der Waals surface area contributed by atoms with Gasteiger partial charge in [0.05, 0.1) is 33.1 Å². The highest BCUT2D eigenvalue weighted by atomic mass is 15.0. The van der Waals surface area contributed by atoms with Crippen LogP contribution in [0.1, 0.15) is 11.1 Å². The Hall–Kier alpha value is -5.36. The molecule has 0 aliphatic heterocycles. The van der Waals surface area contributed by atoms with Crippen LogP contribution >= 0.6 is 0 Å². The maximum absolute atomic E-state index is 4.65. The second kappa shape index (κ2) is 8.58. The molecule has 0 unspecified atom stereocenters. The number of rotatable bonds is 3. The molecule has 0 saturated heterocycles. The molecule has 0 aliphatic rings. The summed E-state index contributed by atoms with van der Waals surface area (Å²) in [5.41, 5.74) is 13.4. The molecule has 6 aromatic heterocycles. The summed E-state index contributed by atoms with van der Waals surface area (Å²) in [6.45, 7) is 4.37. The molecule has 0 saturated carbocycles. The van der Waals surface area contributed by atoms with Crippen LogP contribution in [0.25, 0.3) is 66.4 Å². The fraction of sp³-hybridized carbons (Fsp3) is 0.0588. The van der Waals surface area contributed by atoms with Crippen molar-refractivity contribution in [3.63, 3.8) is 0 Å². The minimum absolute atomic E-state index is 0.967. The van der Waals surface area contributed by atoms with Gasteiger partial charge in [0.15, 0.2) is 0 Å². The van der Waals surface area contributed by atoms with Crippen molar-refractivity contribution in [1.82, 2.24) is 29.1 Å². The lowest BCUT2D eigenvalue weighted by Crippen LogP contribution is -1.98. The molecule has 0 atom stereocenters. The number of nitrogens with zero attached hydrogens (tertiary/aromatic N) is 6. The summed E-state index contributed by atoms with van der Waals surface area (Å²) >= 11 is 0. The minimum atomic E-state index is 0.967. The van der Waals surface area contributed by atoms with Crippen LogP contribution in [0.2, 0.25) is 0 Å². The van der Waals surface area contributed by atoms with Crippen LogP contribution in [-0.4, -0.2) is 29.1 Å². The van der Waals surface area contributed by atoms with E-state index < -0.39 is 0 Å². The van der Waals surface area contributed by atoms with Gasteiger partial charge in [-0.15, -0.1) is 0 Å². The molecule has 6 nitrogen and oxygen atoms in total. The van der Waals surface area contributed by atoms with Gasteiger partial charge < -0.3 is 9.13 Å². The lowest BCUT2D eigenvalue weighted by atomic mass is 9.95. The average molecular weight is 517 g/mol. The standard InChI is InChI=1S/C34H24N6/c1-21-17-23(39-29-11-15-35-19-27(29)33-31(39)5-3-13-37-33)7-9-25(21)26-10-8-24(18-22(26)2)40-30-12-16-36-20-28(30)34-32(40)6-4-14-38-34/h3-20H,1-2H3. The number of aryl methyl sites for hydroxylation is 2. The highest BCUT2D eigenvalue weighted by Gasteiger charge is 2.16. The van der Waals surface area contributed by atoms with Crippen LogP contribution in [0.15, 0.2) is 110 Å². The summed E-state index contributed by atoms with van der Waals surface area (Å²) in [5, 5.41) is 2.12. The van der Waals surface area contributed by atoms with Crippen LogP contribution in [0.5, 0.6) is 0 Å². The molecule has 2 aromatic carbocycles. The number of hydrogen-bond donors (Lipinski definition) is 0. The van der Waals surface area contributed by atoms with Crippen LogP contribution in [0.4, 0.5) is 0 Å². The average Bonchev–Trinajstić information content (AvgIpc) is 3.51. The third kappa shape index (κ3) is 3.23. The van der Waals surface area contributed by atoms with E-state index in [1.54, 1.807) is 0 Å². The number of fused-ring (bicyclic) bond motifs is 6. The van der Waals surface area contributed by atoms with Gasteiger partial charge in [-0.25, -0.2) is 0 Å². The van der Waals surface area contributed by atoms with E-state index in [-0.39, 0.29) is 0 Å². The zero-order valence-electron chi connectivity index (χ0n) is 22.1. The molecule has 40 heavy (non-hydrogen) atoms. The van der Waals surface area contributed by atoms with E-state index in [1.165, 1.54) is 22.3 Å². The van der Waals surface area contributed by atoms with Crippen molar-refractivity contribution in [3.05, 3.63) is 121 Å². The quantitative estimate of drug-likeness (QED) is 0.241. The minimum Gasteiger partial charge on any atom is -0.307 e. The third-order valence-electron chi connectivity index (χ3n) is 7.87. The van der Waals surface area contributed by atoms with Crippen molar-refractivity contribution in [2.24, 2.45) is 0 Å². The van der Waals surface area contributed by atoms with E-state index in [1.807, 2.05) is 49.3 Å². The summed E-state index contributed by atoms with van der Waals surface area (Å²) in [6, 6.07) is 25.7. The van der Waals surface area contributed by atoms with Gasteiger partial charge in [-0.2, -0.15) is 0 Å². The van der Waals surface area contributed by atoms with E-state index in [0.717, 1.165) is 55.2 Å². The Balaban J connectivity index is 1.25. The molecule has 8 rings (SSSR count). The molecule has 6 heterocycles. The third-order valence-corrected chi connectivity index (χ3v) is 7.87. The van der Waals surface area contributed by atoms with E-state index in [0.29, 0.717) is 0 Å². The molecule has 8 aromatic rings. The number of aromatic nitrogens is 6. The summed E-state index contributed by atoms with van der Waals surface area (Å²) in [4.78, 5) is 18.0. The van der Waals surface area contributed by atoms with Crippen LogP contribution in [0.3, 0.4) is 0 Å². The number of pyridine rings is 4. The van der Waals surface area contributed by atoms with Gasteiger partial charge in [0.1, 0.15) is 0 Å².